The van der Waals surface area contributed by atoms with Crippen LogP contribution in [-0.4, -0.2) is 43.4 Å². The molecule has 0 saturated carbocycles. The number of rotatable bonds is 9. The van der Waals surface area contributed by atoms with Crippen LogP contribution in [0.2, 0.25) is 0 Å². The summed E-state index contributed by atoms with van der Waals surface area (Å²) in [6.45, 7) is 5.77. The van der Waals surface area contributed by atoms with E-state index >= 15 is 0 Å². The highest BCUT2D eigenvalue weighted by molar-refractivity contribution is 8.00. The van der Waals surface area contributed by atoms with Crippen LogP contribution >= 0.6 is 11.8 Å². The zero-order chi connectivity index (χ0) is 25.5. The van der Waals surface area contributed by atoms with Gasteiger partial charge in [0.15, 0.2) is 11.0 Å². The molecule has 2 heterocycles. The second-order valence-corrected chi connectivity index (χ2v) is 9.13. The molecule has 0 aliphatic carbocycles. The van der Waals surface area contributed by atoms with Gasteiger partial charge in [0.2, 0.25) is 11.8 Å². The van der Waals surface area contributed by atoms with Crippen molar-refractivity contribution >= 4 is 35.0 Å². The maximum absolute atomic E-state index is 12.9. The first-order chi connectivity index (χ1) is 17.4. The van der Waals surface area contributed by atoms with Gasteiger partial charge in [0.05, 0.1) is 11.9 Å². The fourth-order valence-corrected chi connectivity index (χ4v) is 4.28. The van der Waals surface area contributed by atoms with Crippen molar-refractivity contribution in [1.29, 1.82) is 0 Å². The molecule has 0 aliphatic heterocycles. The maximum atomic E-state index is 12.9. The third-order valence-corrected chi connectivity index (χ3v) is 6.13. The highest BCUT2D eigenvalue weighted by atomic mass is 32.2. The summed E-state index contributed by atoms with van der Waals surface area (Å²) in [5, 5.41) is 14.5. The van der Waals surface area contributed by atoms with Crippen LogP contribution < -0.4 is 15.4 Å². The second kappa shape index (κ2) is 11.5. The monoisotopic (exact) mass is 502 g/mol. The van der Waals surface area contributed by atoms with Crippen LogP contribution in [0.25, 0.3) is 17.1 Å². The molecule has 4 aromatic rings. The zero-order valence-corrected chi connectivity index (χ0v) is 21.0. The average Bonchev–Trinajstić information content (AvgIpc) is 3.29. The summed E-state index contributed by atoms with van der Waals surface area (Å²) in [6, 6.07) is 18.3. The molecule has 36 heavy (non-hydrogen) atoms. The Labute approximate surface area is 213 Å². The molecule has 2 aromatic carbocycles. The number of carbonyl (C=O) groups is 2. The lowest BCUT2D eigenvalue weighted by Crippen LogP contribution is -2.23. The number of nitrogens with zero attached hydrogens (tertiary/aromatic N) is 4. The molecule has 1 atom stereocenters. The summed E-state index contributed by atoms with van der Waals surface area (Å²) in [6.07, 6.45) is 3.43. The molecular formula is C26H26N6O3S. The largest absolute Gasteiger partial charge is 0.494 e. The van der Waals surface area contributed by atoms with E-state index in [0.717, 1.165) is 17.0 Å². The molecule has 0 bridgehead atoms. The van der Waals surface area contributed by atoms with Crippen LogP contribution in [0.15, 0.2) is 78.2 Å². The minimum atomic E-state index is -0.465. The topological polar surface area (TPSA) is 111 Å². The van der Waals surface area contributed by atoms with Crippen molar-refractivity contribution in [2.75, 3.05) is 17.2 Å². The van der Waals surface area contributed by atoms with Crippen molar-refractivity contribution < 1.29 is 14.3 Å². The lowest BCUT2D eigenvalue weighted by Gasteiger charge is -2.14. The van der Waals surface area contributed by atoms with Crippen LogP contribution in [0.1, 0.15) is 20.8 Å². The van der Waals surface area contributed by atoms with Gasteiger partial charge in [0.1, 0.15) is 5.75 Å². The molecule has 9 nitrogen and oxygen atoms in total. The molecule has 0 unspecified atom stereocenters. The quantitative estimate of drug-likeness (QED) is 0.316. The van der Waals surface area contributed by atoms with E-state index < -0.39 is 5.25 Å². The predicted octanol–water partition coefficient (Wildman–Crippen LogP) is 4.81. The predicted molar refractivity (Wildman–Crippen MR) is 140 cm³/mol. The average molecular weight is 503 g/mol. The maximum Gasteiger partial charge on any atom is 0.237 e. The lowest BCUT2D eigenvalue weighted by atomic mass is 10.2. The molecule has 2 N–H and O–H groups in total. The first kappa shape index (κ1) is 24.9. The Balaban J connectivity index is 1.56. The van der Waals surface area contributed by atoms with Gasteiger partial charge < -0.3 is 15.4 Å². The Kier molecular flexibility index (Phi) is 7.96. The number of benzene rings is 2. The number of carbonyl (C=O) groups excluding carboxylic acids is 2. The van der Waals surface area contributed by atoms with E-state index in [1.54, 1.807) is 36.7 Å². The van der Waals surface area contributed by atoms with Crippen LogP contribution in [0.5, 0.6) is 5.75 Å². The summed E-state index contributed by atoms with van der Waals surface area (Å²) in [5.74, 6) is 1.05. The summed E-state index contributed by atoms with van der Waals surface area (Å²) in [7, 11) is 0. The number of nitrogens with one attached hydrogen (secondary N) is 2. The third-order valence-electron chi connectivity index (χ3n) is 5.08. The second-order valence-electron chi connectivity index (χ2n) is 7.82. The number of hydrogen-bond donors (Lipinski definition) is 2. The molecule has 2 amide bonds. The molecule has 0 aliphatic rings. The number of thioether (sulfide) groups is 1. The highest BCUT2D eigenvalue weighted by Gasteiger charge is 2.22. The van der Waals surface area contributed by atoms with Gasteiger partial charge in [0.25, 0.3) is 0 Å². The van der Waals surface area contributed by atoms with Gasteiger partial charge >= 0.3 is 0 Å². The molecule has 4 rings (SSSR count). The minimum absolute atomic E-state index is 0.154. The Hall–Kier alpha value is -4.18. The van der Waals surface area contributed by atoms with E-state index in [-0.39, 0.29) is 11.8 Å². The number of anilines is 2. The summed E-state index contributed by atoms with van der Waals surface area (Å²) >= 11 is 1.30. The number of ether oxygens (including phenoxy) is 1. The lowest BCUT2D eigenvalue weighted by molar-refractivity contribution is -0.115. The van der Waals surface area contributed by atoms with Crippen molar-refractivity contribution in [3.8, 4) is 22.8 Å². The van der Waals surface area contributed by atoms with E-state index in [4.69, 9.17) is 4.74 Å². The zero-order valence-electron chi connectivity index (χ0n) is 20.1. The van der Waals surface area contributed by atoms with Gasteiger partial charge in [-0.25, -0.2) is 0 Å². The summed E-state index contributed by atoms with van der Waals surface area (Å²) < 4.78 is 7.48. The number of aromatic nitrogens is 4. The van der Waals surface area contributed by atoms with E-state index in [2.05, 4.69) is 25.8 Å². The Bertz CT molecular complexity index is 1320. The molecular weight excluding hydrogens is 476 g/mol. The summed E-state index contributed by atoms with van der Waals surface area (Å²) in [4.78, 5) is 28.3. The van der Waals surface area contributed by atoms with Gasteiger partial charge in [0, 0.05) is 41.9 Å². The van der Waals surface area contributed by atoms with Gasteiger partial charge in [-0.1, -0.05) is 11.8 Å². The molecule has 2 aromatic heterocycles. The molecule has 0 fully saturated rings. The van der Waals surface area contributed by atoms with Crippen molar-refractivity contribution in [3.05, 3.63) is 73.1 Å². The fourth-order valence-electron chi connectivity index (χ4n) is 3.41. The van der Waals surface area contributed by atoms with Crippen molar-refractivity contribution in [1.82, 2.24) is 19.7 Å². The first-order valence-corrected chi connectivity index (χ1v) is 12.3. The van der Waals surface area contributed by atoms with Crippen LogP contribution in [0.3, 0.4) is 0 Å². The molecule has 0 saturated heterocycles. The van der Waals surface area contributed by atoms with Crippen LogP contribution in [-0.2, 0) is 9.59 Å². The standard InChI is InChI=1S/C26H26N6O3S/c1-4-35-23-13-11-22(12-14-23)32-24(19-6-5-15-27-16-19)30-31-26(32)36-17(2)25(34)29-21-9-7-20(8-10-21)28-18(3)33/h5-17H,4H2,1-3H3,(H,28,33)(H,29,34)/t17-/m1/s1. The highest BCUT2D eigenvalue weighted by Crippen LogP contribution is 2.31. The van der Waals surface area contributed by atoms with Gasteiger partial charge in [-0.05, 0) is 74.5 Å². The van der Waals surface area contributed by atoms with Crippen LogP contribution in [0, 0.1) is 0 Å². The Morgan fingerprint density at radius 3 is 2.31 bits per heavy atom. The number of amides is 2. The molecule has 0 radical (unpaired) electrons. The Morgan fingerprint density at radius 2 is 1.69 bits per heavy atom. The summed E-state index contributed by atoms with van der Waals surface area (Å²) in [5.41, 5.74) is 2.94. The SMILES string of the molecule is CCOc1ccc(-n2c(S[C@H](C)C(=O)Nc3ccc(NC(C)=O)cc3)nnc2-c2cccnc2)cc1. The molecule has 184 valence electrons. The minimum Gasteiger partial charge on any atom is -0.494 e. The number of pyridine rings is 1. The van der Waals surface area contributed by atoms with Crippen molar-refractivity contribution in [3.63, 3.8) is 0 Å². The fraction of sp³-hybridized carbons (Fsp3) is 0.192. The van der Waals surface area contributed by atoms with Crippen molar-refractivity contribution in [2.45, 2.75) is 31.2 Å². The van der Waals surface area contributed by atoms with Gasteiger partial charge in [-0.3, -0.25) is 19.1 Å². The van der Waals surface area contributed by atoms with Gasteiger partial charge in [-0.2, -0.15) is 0 Å². The third kappa shape index (κ3) is 6.08. The number of hydrogen-bond acceptors (Lipinski definition) is 7. The molecule has 0 spiro atoms. The van der Waals surface area contributed by atoms with Gasteiger partial charge in [-0.15, -0.1) is 10.2 Å². The smallest absolute Gasteiger partial charge is 0.237 e. The molecule has 10 heteroatoms. The normalized spacial score (nSPS) is 11.5. The van der Waals surface area contributed by atoms with Crippen LogP contribution in [0.4, 0.5) is 11.4 Å². The first-order valence-electron chi connectivity index (χ1n) is 11.4. The van der Waals surface area contributed by atoms with Crippen molar-refractivity contribution in [2.24, 2.45) is 0 Å². The van der Waals surface area contributed by atoms with E-state index in [9.17, 15) is 9.59 Å². The Morgan fingerprint density at radius 1 is 1.00 bits per heavy atom. The van der Waals surface area contributed by atoms with E-state index in [1.165, 1.54) is 18.7 Å². The van der Waals surface area contributed by atoms with E-state index in [1.807, 2.05) is 54.8 Å². The van der Waals surface area contributed by atoms with E-state index in [0.29, 0.717) is 29.0 Å².